The lowest BCUT2D eigenvalue weighted by atomic mass is 9.77. The molecule has 88 valence electrons. The van der Waals surface area contributed by atoms with E-state index in [9.17, 15) is 13.2 Å². The minimum absolute atomic E-state index is 0.130. The summed E-state index contributed by atoms with van der Waals surface area (Å²) in [7, 11) is -3.36. The smallest absolute Gasteiger partial charge is 0.238 e. The van der Waals surface area contributed by atoms with Gasteiger partial charge in [0.05, 0.1) is 12.1 Å². The Labute approximate surface area is 89.8 Å². The zero-order valence-corrected chi connectivity index (χ0v) is 9.80. The van der Waals surface area contributed by atoms with Crippen molar-refractivity contribution in [3.05, 3.63) is 0 Å². The summed E-state index contributed by atoms with van der Waals surface area (Å²) >= 11 is 0. The van der Waals surface area contributed by atoms with Gasteiger partial charge in [0, 0.05) is 6.26 Å². The molecule has 15 heavy (non-hydrogen) atoms. The zero-order valence-electron chi connectivity index (χ0n) is 8.99. The van der Waals surface area contributed by atoms with Crippen molar-refractivity contribution in [1.29, 1.82) is 0 Å². The first-order valence-electron chi connectivity index (χ1n) is 4.92. The first kappa shape index (κ1) is 12.4. The minimum Gasteiger partial charge on any atom is -0.394 e. The third-order valence-corrected chi connectivity index (χ3v) is 4.51. The minimum atomic E-state index is -3.36. The fourth-order valence-electron chi connectivity index (χ4n) is 1.48. The van der Waals surface area contributed by atoms with E-state index in [1.165, 1.54) is 6.92 Å². The van der Waals surface area contributed by atoms with Crippen LogP contribution in [-0.2, 0) is 14.6 Å². The molecule has 1 aliphatic rings. The molecule has 1 amide bonds. The summed E-state index contributed by atoms with van der Waals surface area (Å²) in [6, 6.07) is 0. The standard InChI is InChI=1S/C9H17NO4S/c1-7(15(2,13)14)8(12)10-9(6-11)4-3-5-9/h7,11H,3-6H2,1-2H3,(H,10,12). The van der Waals surface area contributed by atoms with Gasteiger partial charge >= 0.3 is 0 Å². The molecular weight excluding hydrogens is 218 g/mol. The predicted molar refractivity (Wildman–Crippen MR) is 56.1 cm³/mol. The summed E-state index contributed by atoms with van der Waals surface area (Å²) in [6.45, 7) is 1.23. The van der Waals surface area contributed by atoms with E-state index < -0.39 is 26.5 Å². The van der Waals surface area contributed by atoms with Gasteiger partial charge < -0.3 is 10.4 Å². The van der Waals surface area contributed by atoms with Gasteiger partial charge in [-0.1, -0.05) is 0 Å². The molecule has 0 aromatic rings. The van der Waals surface area contributed by atoms with Gasteiger partial charge in [0.2, 0.25) is 5.91 Å². The molecule has 1 aliphatic carbocycles. The van der Waals surface area contributed by atoms with E-state index in [1.54, 1.807) is 0 Å². The van der Waals surface area contributed by atoms with Crippen LogP contribution in [0.15, 0.2) is 0 Å². The van der Waals surface area contributed by atoms with E-state index in [0.717, 1.165) is 12.7 Å². The summed E-state index contributed by atoms with van der Waals surface area (Å²) in [6.07, 6.45) is 3.41. The van der Waals surface area contributed by atoms with Crippen molar-refractivity contribution in [3.63, 3.8) is 0 Å². The summed E-state index contributed by atoms with van der Waals surface area (Å²) in [4.78, 5) is 11.6. The second kappa shape index (κ2) is 4.09. The van der Waals surface area contributed by atoms with Crippen molar-refractivity contribution in [2.75, 3.05) is 12.9 Å². The number of nitrogens with one attached hydrogen (secondary N) is 1. The molecule has 1 fully saturated rings. The zero-order chi connectivity index (χ0) is 11.7. The number of rotatable bonds is 4. The lowest BCUT2D eigenvalue weighted by Gasteiger charge is -2.41. The van der Waals surface area contributed by atoms with Crippen LogP contribution in [0.25, 0.3) is 0 Å². The van der Waals surface area contributed by atoms with Crippen molar-refractivity contribution in [3.8, 4) is 0 Å². The Hall–Kier alpha value is -0.620. The van der Waals surface area contributed by atoms with E-state index in [-0.39, 0.29) is 6.61 Å². The van der Waals surface area contributed by atoms with Crippen molar-refractivity contribution in [1.82, 2.24) is 5.32 Å². The molecule has 0 radical (unpaired) electrons. The van der Waals surface area contributed by atoms with Crippen LogP contribution < -0.4 is 5.32 Å². The number of amides is 1. The predicted octanol–water partition coefficient (Wildman–Crippen LogP) is -0.549. The molecule has 1 atom stereocenters. The second-order valence-corrected chi connectivity index (χ2v) is 6.62. The van der Waals surface area contributed by atoms with E-state index in [2.05, 4.69) is 5.32 Å². The summed E-state index contributed by atoms with van der Waals surface area (Å²) in [5, 5.41) is 10.7. The van der Waals surface area contributed by atoms with Crippen molar-refractivity contribution in [2.24, 2.45) is 0 Å². The van der Waals surface area contributed by atoms with Gasteiger partial charge in [0.1, 0.15) is 5.25 Å². The third-order valence-electron chi connectivity index (χ3n) is 3.01. The van der Waals surface area contributed by atoms with Crippen molar-refractivity contribution < 1.29 is 18.3 Å². The number of carbonyl (C=O) groups is 1. The molecule has 1 unspecified atom stereocenters. The molecule has 2 N–H and O–H groups in total. The van der Waals surface area contributed by atoms with Crippen LogP contribution in [-0.4, -0.2) is 43.1 Å². The molecule has 5 nitrogen and oxygen atoms in total. The summed E-state index contributed by atoms with van der Waals surface area (Å²) in [5.74, 6) is -0.522. The molecular formula is C9H17NO4S. The van der Waals surface area contributed by atoms with Crippen molar-refractivity contribution in [2.45, 2.75) is 37.0 Å². The van der Waals surface area contributed by atoms with E-state index in [4.69, 9.17) is 5.11 Å². The Kier molecular flexibility index (Phi) is 3.40. The van der Waals surface area contributed by atoms with Gasteiger partial charge in [-0.15, -0.1) is 0 Å². The molecule has 0 aliphatic heterocycles. The highest BCUT2D eigenvalue weighted by Gasteiger charge is 2.39. The average Bonchev–Trinajstić information content (AvgIpc) is 2.08. The maximum atomic E-state index is 11.6. The Morgan fingerprint density at radius 3 is 2.33 bits per heavy atom. The Morgan fingerprint density at radius 2 is 2.07 bits per heavy atom. The lowest BCUT2D eigenvalue weighted by molar-refractivity contribution is -0.124. The normalized spacial score (nSPS) is 21.5. The highest BCUT2D eigenvalue weighted by molar-refractivity contribution is 7.92. The summed E-state index contributed by atoms with van der Waals surface area (Å²) in [5.41, 5.74) is -0.573. The van der Waals surface area contributed by atoms with Gasteiger partial charge in [-0.05, 0) is 26.2 Å². The quantitative estimate of drug-likeness (QED) is 0.685. The number of hydrogen-bond acceptors (Lipinski definition) is 4. The van der Waals surface area contributed by atoms with Crippen LogP contribution in [0.1, 0.15) is 26.2 Å². The maximum absolute atomic E-state index is 11.6. The van der Waals surface area contributed by atoms with Crippen LogP contribution in [0, 0.1) is 0 Å². The van der Waals surface area contributed by atoms with Gasteiger partial charge in [0.15, 0.2) is 9.84 Å². The molecule has 0 spiro atoms. The Balaban J connectivity index is 2.63. The van der Waals surface area contributed by atoms with Crippen LogP contribution >= 0.6 is 0 Å². The molecule has 1 saturated carbocycles. The van der Waals surface area contributed by atoms with E-state index in [1.807, 2.05) is 0 Å². The van der Waals surface area contributed by atoms with Gasteiger partial charge in [-0.2, -0.15) is 0 Å². The largest absolute Gasteiger partial charge is 0.394 e. The summed E-state index contributed by atoms with van der Waals surface area (Å²) < 4.78 is 22.3. The van der Waals surface area contributed by atoms with Crippen LogP contribution in [0.2, 0.25) is 0 Å². The number of aliphatic hydroxyl groups is 1. The Bertz CT molecular complexity index is 340. The van der Waals surface area contributed by atoms with Crippen LogP contribution in [0.5, 0.6) is 0 Å². The highest BCUT2D eigenvalue weighted by atomic mass is 32.2. The topological polar surface area (TPSA) is 83.5 Å². The first-order chi connectivity index (χ1) is 6.81. The molecule has 0 heterocycles. The van der Waals surface area contributed by atoms with Crippen LogP contribution in [0.4, 0.5) is 0 Å². The second-order valence-electron chi connectivity index (χ2n) is 4.25. The SMILES string of the molecule is CC(C(=O)NC1(CO)CCC1)S(C)(=O)=O. The number of hydrogen-bond donors (Lipinski definition) is 2. The van der Waals surface area contributed by atoms with Gasteiger partial charge in [-0.25, -0.2) is 8.42 Å². The molecule has 0 saturated heterocycles. The van der Waals surface area contributed by atoms with Gasteiger partial charge in [-0.3, -0.25) is 4.79 Å². The average molecular weight is 235 g/mol. The highest BCUT2D eigenvalue weighted by Crippen LogP contribution is 2.31. The monoisotopic (exact) mass is 235 g/mol. The Morgan fingerprint density at radius 1 is 1.53 bits per heavy atom. The van der Waals surface area contributed by atoms with E-state index in [0.29, 0.717) is 12.8 Å². The molecule has 1 rings (SSSR count). The number of carbonyl (C=O) groups excluding carboxylic acids is 1. The molecule has 6 heteroatoms. The fourth-order valence-corrected chi connectivity index (χ4v) is 1.93. The lowest BCUT2D eigenvalue weighted by Crippen LogP contribution is -2.58. The van der Waals surface area contributed by atoms with Gasteiger partial charge in [0.25, 0.3) is 0 Å². The molecule has 0 aromatic heterocycles. The third kappa shape index (κ3) is 2.69. The maximum Gasteiger partial charge on any atom is 0.238 e. The van der Waals surface area contributed by atoms with Crippen LogP contribution in [0.3, 0.4) is 0 Å². The molecule has 0 aromatic carbocycles. The first-order valence-corrected chi connectivity index (χ1v) is 6.88. The van der Waals surface area contributed by atoms with Crippen molar-refractivity contribution >= 4 is 15.7 Å². The molecule has 0 bridgehead atoms. The van der Waals surface area contributed by atoms with E-state index >= 15 is 0 Å². The number of aliphatic hydroxyl groups excluding tert-OH is 1. The number of sulfone groups is 1. The fraction of sp³-hybridized carbons (Fsp3) is 0.889.